The largest absolute Gasteiger partial charge is 0.318 e. The first-order valence-electron chi connectivity index (χ1n) is 7.39. The molecule has 0 bridgehead atoms. The highest BCUT2D eigenvalue weighted by molar-refractivity contribution is 7.92. The number of anilines is 1. The normalized spacial score (nSPS) is 11.4. The van der Waals surface area contributed by atoms with E-state index in [4.69, 9.17) is 0 Å². The second-order valence-electron chi connectivity index (χ2n) is 5.19. The molecule has 7 nitrogen and oxygen atoms in total. The van der Waals surface area contributed by atoms with Gasteiger partial charge in [0.2, 0.25) is 21.5 Å². The van der Waals surface area contributed by atoms with Crippen LogP contribution in [-0.2, 0) is 23.5 Å². The molecule has 0 saturated heterocycles. The molecule has 0 fully saturated rings. The molecule has 124 valence electrons. The molecule has 0 aromatic carbocycles. The van der Waals surface area contributed by atoms with Crippen LogP contribution in [0, 0.1) is 0 Å². The van der Waals surface area contributed by atoms with Gasteiger partial charge in [0.1, 0.15) is 0 Å². The standard InChI is InChI=1S/C15H20N4O3S/c1-4-6-11-9-16-15(18-23(21,22)5-2)17-14(11)12-7-8-13(20)19(3)10-12/h7-10H,4-6H2,1-3H3,(H,16,17,18). The average molecular weight is 336 g/mol. The molecule has 2 rings (SSSR count). The molecular formula is C15H20N4O3S. The molecule has 8 heteroatoms. The van der Waals surface area contributed by atoms with Gasteiger partial charge in [-0.25, -0.2) is 18.4 Å². The van der Waals surface area contributed by atoms with Crippen molar-refractivity contribution in [1.29, 1.82) is 0 Å². The minimum atomic E-state index is -3.44. The van der Waals surface area contributed by atoms with Crippen LogP contribution in [-0.4, -0.2) is 28.7 Å². The maximum absolute atomic E-state index is 11.7. The van der Waals surface area contributed by atoms with Crippen LogP contribution in [0.15, 0.2) is 29.3 Å². The number of hydrogen-bond donors (Lipinski definition) is 1. The summed E-state index contributed by atoms with van der Waals surface area (Å²) in [5.41, 5.74) is 2.17. The van der Waals surface area contributed by atoms with E-state index in [2.05, 4.69) is 14.7 Å². The number of hydrogen-bond acceptors (Lipinski definition) is 5. The van der Waals surface area contributed by atoms with Crippen molar-refractivity contribution >= 4 is 16.0 Å². The lowest BCUT2D eigenvalue weighted by molar-refractivity contribution is 0.602. The molecule has 0 amide bonds. The highest BCUT2D eigenvalue weighted by Gasteiger charge is 2.13. The van der Waals surface area contributed by atoms with Gasteiger partial charge in [0.15, 0.2) is 0 Å². The number of aryl methyl sites for hydroxylation is 2. The lowest BCUT2D eigenvalue weighted by Crippen LogP contribution is -2.17. The number of pyridine rings is 1. The maximum atomic E-state index is 11.7. The van der Waals surface area contributed by atoms with Gasteiger partial charge in [0, 0.05) is 31.1 Å². The van der Waals surface area contributed by atoms with Gasteiger partial charge in [-0.05, 0) is 25.0 Å². The van der Waals surface area contributed by atoms with Gasteiger partial charge in [-0.15, -0.1) is 0 Å². The summed E-state index contributed by atoms with van der Waals surface area (Å²) in [6.07, 6.45) is 4.98. The van der Waals surface area contributed by atoms with Crippen LogP contribution >= 0.6 is 0 Å². The Kier molecular flexibility index (Phi) is 5.15. The van der Waals surface area contributed by atoms with Crippen molar-refractivity contribution in [3.05, 3.63) is 40.4 Å². The molecule has 2 aromatic heterocycles. The predicted octanol–water partition coefficient (Wildman–Crippen LogP) is 1.56. The fourth-order valence-electron chi connectivity index (χ4n) is 2.10. The molecule has 2 heterocycles. The van der Waals surface area contributed by atoms with E-state index < -0.39 is 10.0 Å². The molecular weight excluding hydrogens is 316 g/mol. The van der Waals surface area contributed by atoms with E-state index >= 15 is 0 Å². The Morgan fingerprint density at radius 2 is 2.00 bits per heavy atom. The summed E-state index contributed by atoms with van der Waals surface area (Å²) in [5, 5.41) is 0. The van der Waals surface area contributed by atoms with E-state index in [0.717, 1.165) is 24.0 Å². The van der Waals surface area contributed by atoms with Crippen molar-refractivity contribution in [1.82, 2.24) is 14.5 Å². The Morgan fingerprint density at radius 1 is 1.26 bits per heavy atom. The molecule has 0 unspecified atom stereocenters. The molecule has 0 atom stereocenters. The number of nitrogens with one attached hydrogen (secondary N) is 1. The van der Waals surface area contributed by atoms with E-state index in [0.29, 0.717) is 5.69 Å². The van der Waals surface area contributed by atoms with E-state index in [1.54, 1.807) is 32.4 Å². The van der Waals surface area contributed by atoms with Gasteiger partial charge < -0.3 is 4.57 Å². The second-order valence-corrected chi connectivity index (χ2v) is 7.20. The molecule has 23 heavy (non-hydrogen) atoms. The van der Waals surface area contributed by atoms with Crippen molar-refractivity contribution in [3.8, 4) is 11.3 Å². The number of aromatic nitrogens is 3. The van der Waals surface area contributed by atoms with E-state index in [1.165, 1.54) is 10.6 Å². The molecule has 0 spiro atoms. The van der Waals surface area contributed by atoms with E-state index in [9.17, 15) is 13.2 Å². The van der Waals surface area contributed by atoms with Crippen LogP contribution in [0.3, 0.4) is 0 Å². The van der Waals surface area contributed by atoms with Crippen molar-refractivity contribution in [3.63, 3.8) is 0 Å². The smallest absolute Gasteiger partial charge is 0.250 e. The van der Waals surface area contributed by atoms with Gasteiger partial charge in [-0.3, -0.25) is 9.52 Å². The van der Waals surface area contributed by atoms with Crippen LogP contribution in [0.25, 0.3) is 11.3 Å². The number of rotatable bonds is 6. The topological polar surface area (TPSA) is 94.0 Å². The third kappa shape index (κ3) is 4.16. The summed E-state index contributed by atoms with van der Waals surface area (Å²) in [6.45, 7) is 3.58. The van der Waals surface area contributed by atoms with E-state index in [1.807, 2.05) is 6.92 Å². The Morgan fingerprint density at radius 3 is 2.61 bits per heavy atom. The highest BCUT2D eigenvalue weighted by Crippen LogP contribution is 2.22. The maximum Gasteiger partial charge on any atom is 0.250 e. The third-order valence-electron chi connectivity index (χ3n) is 3.37. The lowest BCUT2D eigenvalue weighted by atomic mass is 10.1. The van der Waals surface area contributed by atoms with Crippen molar-refractivity contribution in [2.45, 2.75) is 26.7 Å². The predicted molar refractivity (Wildman–Crippen MR) is 89.8 cm³/mol. The van der Waals surface area contributed by atoms with Crippen LogP contribution in [0.2, 0.25) is 0 Å². The third-order valence-corrected chi connectivity index (χ3v) is 4.62. The Balaban J connectivity index is 2.53. The first-order valence-corrected chi connectivity index (χ1v) is 9.05. The van der Waals surface area contributed by atoms with Gasteiger partial charge >= 0.3 is 0 Å². The van der Waals surface area contributed by atoms with Gasteiger partial charge in [0.05, 0.1) is 11.4 Å². The Hall–Kier alpha value is -2.22. The first kappa shape index (κ1) is 17.1. The van der Waals surface area contributed by atoms with Crippen LogP contribution in [0.4, 0.5) is 5.95 Å². The second kappa shape index (κ2) is 6.91. The van der Waals surface area contributed by atoms with Crippen LogP contribution < -0.4 is 10.3 Å². The van der Waals surface area contributed by atoms with Gasteiger partial charge in [-0.1, -0.05) is 13.3 Å². The lowest BCUT2D eigenvalue weighted by Gasteiger charge is -2.11. The summed E-state index contributed by atoms with van der Waals surface area (Å²) in [6, 6.07) is 3.14. The Labute approximate surface area is 135 Å². The minimum Gasteiger partial charge on any atom is -0.318 e. The molecule has 1 N–H and O–H groups in total. The monoisotopic (exact) mass is 336 g/mol. The van der Waals surface area contributed by atoms with Gasteiger partial charge in [0.25, 0.3) is 0 Å². The number of sulfonamides is 1. The quantitative estimate of drug-likeness (QED) is 0.864. The molecule has 0 aliphatic heterocycles. The fraction of sp³-hybridized carbons (Fsp3) is 0.400. The average Bonchev–Trinajstić information content (AvgIpc) is 2.51. The Bertz CT molecular complexity index is 859. The molecule has 2 aromatic rings. The van der Waals surface area contributed by atoms with Crippen molar-refractivity contribution < 1.29 is 8.42 Å². The van der Waals surface area contributed by atoms with Crippen LogP contribution in [0.1, 0.15) is 25.8 Å². The first-order chi connectivity index (χ1) is 10.9. The zero-order valence-corrected chi connectivity index (χ0v) is 14.2. The SMILES string of the molecule is CCCc1cnc(NS(=O)(=O)CC)nc1-c1ccc(=O)n(C)c1. The summed E-state index contributed by atoms with van der Waals surface area (Å²) in [7, 11) is -1.78. The molecule has 0 radical (unpaired) electrons. The molecule has 0 saturated carbocycles. The van der Waals surface area contributed by atoms with Gasteiger partial charge in [-0.2, -0.15) is 0 Å². The van der Waals surface area contributed by atoms with Crippen molar-refractivity contribution in [2.75, 3.05) is 10.5 Å². The highest BCUT2D eigenvalue weighted by atomic mass is 32.2. The summed E-state index contributed by atoms with van der Waals surface area (Å²) < 4.78 is 27.2. The minimum absolute atomic E-state index is 0.0376. The zero-order chi connectivity index (χ0) is 17.0. The zero-order valence-electron chi connectivity index (χ0n) is 13.4. The molecule has 0 aliphatic carbocycles. The van der Waals surface area contributed by atoms with E-state index in [-0.39, 0.29) is 17.3 Å². The summed E-state index contributed by atoms with van der Waals surface area (Å²) in [5.74, 6) is -0.0158. The summed E-state index contributed by atoms with van der Waals surface area (Å²) >= 11 is 0. The molecule has 0 aliphatic rings. The fourth-order valence-corrected chi connectivity index (χ4v) is 2.62. The summed E-state index contributed by atoms with van der Waals surface area (Å²) in [4.78, 5) is 20.0. The van der Waals surface area contributed by atoms with Crippen molar-refractivity contribution in [2.24, 2.45) is 7.05 Å². The van der Waals surface area contributed by atoms with Crippen LogP contribution in [0.5, 0.6) is 0 Å². The number of nitrogens with zero attached hydrogens (tertiary/aromatic N) is 3.